The highest BCUT2D eigenvalue weighted by atomic mass is 32.2. The van der Waals surface area contributed by atoms with E-state index in [-0.39, 0.29) is 12.5 Å². The average Bonchev–Trinajstić information content (AvgIpc) is 3.30. The lowest BCUT2D eigenvalue weighted by Crippen LogP contribution is -2.33. The number of aliphatic carboxylic acids is 1. The van der Waals surface area contributed by atoms with Crippen LogP contribution in [-0.2, 0) is 20.0 Å². The van der Waals surface area contributed by atoms with Crippen LogP contribution in [0.5, 0.6) is 0 Å². The molecule has 0 aromatic heterocycles. The second-order valence-corrected chi connectivity index (χ2v) is 8.88. The number of fused-ring (bicyclic) bond motifs is 5. The van der Waals surface area contributed by atoms with Crippen molar-refractivity contribution in [1.82, 2.24) is 0 Å². The maximum absolute atomic E-state index is 10.6. The molecule has 0 amide bonds. The summed E-state index contributed by atoms with van der Waals surface area (Å²) in [6.45, 7) is 0. The minimum atomic E-state index is -0.713. The van der Waals surface area contributed by atoms with Crippen LogP contribution in [0.2, 0.25) is 0 Å². The van der Waals surface area contributed by atoms with Gasteiger partial charge in [0.2, 0.25) is 0 Å². The number of unbranched alkanes of at least 4 members (excludes halogenated alkanes) is 1. The molecule has 0 spiro atoms. The molecule has 3 fully saturated rings. The molecule has 2 bridgehead atoms. The molecule has 3 saturated heterocycles. The molecule has 1 aromatic rings. The van der Waals surface area contributed by atoms with Gasteiger partial charge in [-0.15, -0.1) is 0 Å². The second kappa shape index (κ2) is 8.80. The van der Waals surface area contributed by atoms with Gasteiger partial charge in [-0.05, 0) is 48.8 Å². The molecule has 146 valence electrons. The molecule has 27 heavy (non-hydrogen) atoms. The number of hydrogen-bond donors (Lipinski definition) is 1. The van der Waals surface area contributed by atoms with Crippen LogP contribution >= 0.6 is 11.8 Å². The van der Waals surface area contributed by atoms with Crippen LogP contribution in [-0.4, -0.2) is 41.2 Å². The summed E-state index contributed by atoms with van der Waals surface area (Å²) in [5.74, 6) is 2.65. The monoisotopic (exact) mass is 388 g/mol. The van der Waals surface area contributed by atoms with Gasteiger partial charge in [-0.1, -0.05) is 42.5 Å². The number of epoxide rings is 1. The van der Waals surface area contributed by atoms with Gasteiger partial charge >= 0.3 is 5.97 Å². The van der Waals surface area contributed by atoms with Gasteiger partial charge in [0, 0.05) is 12.2 Å². The Bertz CT molecular complexity index is 662. The van der Waals surface area contributed by atoms with E-state index in [0.29, 0.717) is 36.6 Å². The molecule has 1 aromatic carbocycles. The zero-order valence-corrected chi connectivity index (χ0v) is 16.4. The molecule has 5 heteroatoms. The molecule has 0 aliphatic carbocycles. The van der Waals surface area contributed by atoms with E-state index in [1.54, 1.807) is 0 Å². The van der Waals surface area contributed by atoms with E-state index in [2.05, 4.69) is 42.5 Å². The lowest BCUT2D eigenvalue weighted by atomic mass is 9.76. The van der Waals surface area contributed by atoms with Gasteiger partial charge in [0.25, 0.3) is 0 Å². The van der Waals surface area contributed by atoms with E-state index in [4.69, 9.17) is 14.6 Å². The molecule has 0 saturated carbocycles. The first-order valence-electron chi connectivity index (χ1n) is 10.0. The van der Waals surface area contributed by atoms with Crippen LogP contribution in [0, 0.1) is 11.8 Å². The summed E-state index contributed by atoms with van der Waals surface area (Å²) in [7, 11) is 0. The molecule has 3 heterocycles. The van der Waals surface area contributed by atoms with Gasteiger partial charge in [0.15, 0.2) is 0 Å². The summed E-state index contributed by atoms with van der Waals surface area (Å²) in [6, 6.07) is 10.6. The van der Waals surface area contributed by atoms with E-state index in [9.17, 15) is 4.79 Å². The van der Waals surface area contributed by atoms with E-state index in [0.717, 1.165) is 24.3 Å². The van der Waals surface area contributed by atoms with E-state index in [1.165, 1.54) is 12.0 Å². The maximum Gasteiger partial charge on any atom is 0.303 e. The Morgan fingerprint density at radius 1 is 1.04 bits per heavy atom. The number of carbonyl (C=O) groups is 1. The van der Waals surface area contributed by atoms with Crippen molar-refractivity contribution in [3.8, 4) is 0 Å². The summed E-state index contributed by atoms with van der Waals surface area (Å²) in [4.78, 5) is 10.6. The largest absolute Gasteiger partial charge is 0.481 e. The number of hydrogen-bond acceptors (Lipinski definition) is 4. The molecular weight excluding hydrogens is 360 g/mol. The third-order valence-corrected chi connectivity index (χ3v) is 7.02. The fourth-order valence-electron chi connectivity index (χ4n) is 4.59. The fraction of sp³-hybridized carbons (Fsp3) is 0.591. The lowest BCUT2D eigenvalue weighted by Gasteiger charge is -2.25. The number of thioether (sulfide) groups is 1. The van der Waals surface area contributed by atoms with Gasteiger partial charge < -0.3 is 14.6 Å². The zero-order valence-electron chi connectivity index (χ0n) is 15.5. The predicted octanol–water partition coefficient (Wildman–Crippen LogP) is 4.29. The molecule has 4 nitrogen and oxygen atoms in total. The first-order chi connectivity index (χ1) is 13.2. The number of allylic oxidation sites excluding steroid dienone is 2. The van der Waals surface area contributed by atoms with Crippen molar-refractivity contribution >= 4 is 17.7 Å². The SMILES string of the molecule is O=C(O)CCCC=CC[C@H]1[C@@H](CCSCc2ccccc2)[C@@H]2O[C@H]1[C@@H]1O[C@@H]12. The Hall–Kier alpha value is -1.30. The Balaban J connectivity index is 1.23. The molecule has 0 unspecified atom stereocenters. The normalized spacial score (nSPS) is 33.5. The molecule has 3 aliphatic rings. The van der Waals surface area contributed by atoms with Crippen molar-refractivity contribution in [2.24, 2.45) is 11.8 Å². The number of ether oxygens (including phenoxy) is 2. The minimum Gasteiger partial charge on any atom is -0.481 e. The highest BCUT2D eigenvalue weighted by Gasteiger charge is 2.68. The third kappa shape index (κ3) is 4.58. The van der Waals surface area contributed by atoms with Crippen molar-refractivity contribution in [2.75, 3.05) is 5.75 Å². The number of benzene rings is 1. The number of carboxylic acid groups (broad SMARTS) is 1. The standard InChI is InChI=1S/C22H28O4S/c23-18(24)11-7-2-1-6-10-16-17(20-22-21(26-22)19(16)25-20)12-13-27-14-15-8-4-3-5-9-15/h1,3-6,8-9,16-17,19-22H,2,7,10-14H2,(H,23,24)/t16-,17+,19+,20-,21-,22+/m0/s1. The first-order valence-corrected chi connectivity index (χ1v) is 11.2. The summed E-state index contributed by atoms with van der Waals surface area (Å²) >= 11 is 2.01. The van der Waals surface area contributed by atoms with Crippen molar-refractivity contribution in [3.05, 3.63) is 48.0 Å². The van der Waals surface area contributed by atoms with E-state index < -0.39 is 5.97 Å². The fourth-order valence-corrected chi connectivity index (χ4v) is 5.60. The van der Waals surface area contributed by atoms with Gasteiger partial charge in [0.1, 0.15) is 12.2 Å². The zero-order chi connectivity index (χ0) is 18.6. The van der Waals surface area contributed by atoms with Gasteiger partial charge in [0.05, 0.1) is 12.2 Å². The quantitative estimate of drug-likeness (QED) is 0.348. The van der Waals surface area contributed by atoms with Gasteiger partial charge in [-0.25, -0.2) is 0 Å². The summed E-state index contributed by atoms with van der Waals surface area (Å²) in [5.41, 5.74) is 1.39. The summed E-state index contributed by atoms with van der Waals surface area (Å²) in [5, 5.41) is 8.70. The lowest BCUT2D eigenvalue weighted by molar-refractivity contribution is -0.137. The smallest absolute Gasteiger partial charge is 0.303 e. The van der Waals surface area contributed by atoms with E-state index >= 15 is 0 Å². The molecule has 1 N–H and O–H groups in total. The first kappa shape index (κ1) is 19.0. The highest BCUT2D eigenvalue weighted by Crippen LogP contribution is 2.56. The van der Waals surface area contributed by atoms with Crippen LogP contribution in [0.3, 0.4) is 0 Å². The Labute approximate surface area is 165 Å². The van der Waals surface area contributed by atoms with Crippen LogP contribution in [0.25, 0.3) is 0 Å². The summed E-state index contributed by atoms with van der Waals surface area (Å²) in [6.07, 6.45) is 9.65. The Morgan fingerprint density at radius 2 is 1.78 bits per heavy atom. The topological polar surface area (TPSA) is 59.1 Å². The van der Waals surface area contributed by atoms with Crippen LogP contribution in [0.1, 0.15) is 37.7 Å². The third-order valence-electron chi connectivity index (χ3n) is 5.96. The van der Waals surface area contributed by atoms with E-state index in [1.807, 2.05) is 11.8 Å². The Kier molecular flexibility index (Phi) is 6.21. The molecular formula is C22H28O4S. The van der Waals surface area contributed by atoms with Crippen molar-refractivity contribution < 1.29 is 19.4 Å². The van der Waals surface area contributed by atoms with Crippen LogP contribution in [0.4, 0.5) is 0 Å². The number of rotatable bonds is 11. The molecule has 4 rings (SSSR count). The van der Waals surface area contributed by atoms with Crippen molar-refractivity contribution in [1.29, 1.82) is 0 Å². The van der Waals surface area contributed by atoms with Crippen LogP contribution < -0.4 is 0 Å². The molecule has 6 atom stereocenters. The van der Waals surface area contributed by atoms with Crippen LogP contribution in [0.15, 0.2) is 42.5 Å². The predicted molar refractivity (Wildman–Crippen MR) is 107 cm³/mol. The van der Waals surface area contributed by atoms with Gasteiger partial charge in [-0.3, -0.25) is 4.79 Å². The van der Waals surface area contributed by atoms with Gasteiger partial charge in [-0.2, -0.15) is 11.8 Å². The van der Waals surface area contributed by atoms with Crippen molar-refractivity contribution in [3.63, 3.8) is 0 Å². The maximum atomic E-state index is 10.6. The molecule has 0 radical (unpaired) electrons. The Morgan fingerprint density at radius 3 is 2.56 bits per heavy atom. The molecule has 3 aliphatic heterocycles. The minimum absolute atomic E-state index is 0.250. The highest BCUT2D eigenvalue weighted by molar-refractivity contribution is 7.98. The average molecular weight is 389 g/mol. The summed E-state index contributed by atoms with van der Waals surface area (Å²) < 4.78 is 12.1. The second-order valence-electron chi connectivity index (χ2n) is 7.78. The van der Waals surface area contributed by atoms with Crippen molar-refractivity contribution in [2.45, 2.75) is 62.3 Å². The number of carboxylic acids is 1.